The van der Waals surface area contributed by atoms with Gasteiger partial charge in [-0.25, -0.2) is 13.8 Å². The van der Waals surface area contributed by atoms with Crippen LogP contribution in [0.1, 0.15) is 50.7 Å². The molecule has 4 aromatic heterocycles. The summed E-state index contributed by atoms with van der Waals surface area (Å²) >= 11 is 13.0. The number of ether oxygens (including phenoxy) is 1. The van der Waals surface area contributed by atoms with E-state index in [1.54, 1.807) is 42.1 Å². The second-order valence-electron chi connectivity index (χ2n) is 8.79. The van der Waals surface area contributed by atoms with Crippen LogP contribution < -0.4 is 15.8 Å². The number of nitrogens with one attached hydrogen (secondary N) is 1. The van der Waals surface area contributed by atoms with E-state index in [1.807, 2.05) is 6.92 Å². The number of nitrogens with two attached hydrogens (primary N) is 1. The maximum absolute atomic E-state index is 13.8. The van der Waals surface area contributed by atoms with Gasteiger partial charge in [-0.3, -0.25) is 14.3 Å². The van der Waals surface area contributed by atoms with Gasteiger partial charge in [0.2, 0.25) is 0 Å². The van der Waals surface area contributed by atoms with Crippen molar-refractivity contribution in [3.63, 3.8) is 0 Å². The van der Waals surface area contributed by atoms with Gasteiger partial charge in [-0.2, -0.15) is 5.10 Å². The van der Waals surface area contributed by atoms with Crippen LogP contribution in [0.15, 0.2) is 47.0 Å². The number of benzene rings is 1. The molecule has 0 unspecified atom stereocenters. The molecule has 0 radical (unpaired) electrons. The van der Waals surface area contributed by atoms with Gasteiger partial charge >= 0.3 is 0 Å². The minimum atomic E-state index is -2.87. The molecule has 0 spiro atoms. The van der Waals surface area contributed by atoms with E-state index in [9.17, 15) is 18.4 Å². The third kappa shape index (κ3) is 5.63. The lowest BCUT2D eigenvalue weighted by atomic mass is 10.0. The second kappa shape index (κ2) is 11.5. The van der Waals surface area contributed by atoms with E-state index in [0.717, 1.165) is 11.3 Å². The Morgan fingerprint density at radius 2 is 2.00 bits per heavy atom. The summed E-state index contributed by atoms with van der Waals surface area (Å²) < 4.78 is 40.5. The second-order valence-corrected chi connectivity index (χ2v) is 10.6. The summed E-state index contributed by atoms with van der Waals surface area (Å²) in [5.41, 5.74) is 6.62. The molecule has 0 saturated carbocycles. The number of fused-ring (bicyclic) bond motifs is 1. The Hall–Kier alpha value is -4.00. The summed E-state index contributed by atoms with van der Waals surface area (Å²) in [5.74, 6) is -1.01. The van der Waals surface area contributed by atoms with Crippen LogP contribution in [-0.4, -0.2) is 26.6 Å². The molecule has 0 aliphatic rings. The molecule has 0 saturated heterocycles. The first-order chi connectivity index (χ1) is 19.6. The highest BCUT2D eigenvalue weighted by Gasteiger charge is 2.27. The molecule has 9 nitrogen and oxygen atoms in total. The van der Waals surface area contributed by atoms with Crippen LogP contribution in [0.25, 0.3) is 21.3 Å². The number of aryl methyl sites for hydroxylation is 2. The number of carbonyl (C=O) groups excluding carboxylic acids is 2. The van der Waals surface area contributed by atoms with Crippen LogP contribution in [0, 0.1) is 6.92 Å². The summed E-state index contributed by atoms with van der Waals surface area (Å²) in [6.45, 7) is 4.12. The number of thiophene rings is 1. The fourth-order valence-electron chi connectivity index (χ4n) is 4.18. The van der Waals surface area contributed by atoms with Crippen molar-refractivity contribution in [1.29, 1.82) is 0 Å². The Balaban J connectivity index is 1.52. The van der Waals surface area contributed by atoms with Crippen molar-refractivity contribution in [1.82, 2.24) is 14.8 Å². The lowest BCUT2D eigenvalue weighted by molar-refractivity contribution is 0.0992. The van der Waals surface area contributed by atoms with Gasteiger partial charge in [0.25, 0.3) is 18.2 Å². The number of hydrogen-bond acceptors (Lipinski definition) is 7. The zero-order valence-electron chi connectivity index (χ0n) is 21.5. The van der Waals surface area contributed by atoms with Crippen LogP contribution in [0.2, 0.25) is 10.0 Å². The van der Waals surface area contributed by atoms with Crippen LogP contribution in [-0.2, 0) is 13.2 Å². The van der Waals surface area contributed by atoms with E-state index in [1.165, 1.54) is 12.1 Å². The molecule has 2 amide bonds. The predicted octanol–water partition coefficient (Wildman–Crippen LogP) is 7.26. The quantitative estimate of drug-likeness (QED) is 0.179. The summed E-state index contributed by atoms with van der Waals surface area (Å²) in [6, 6.07) is 9.12. The number of hydrogen-bond donors (Lipinski definition) is 2. The zero-order valence-corrected chi connectivity index (χ0v) is 23.8. The number of carbonyl (C=O) groups is 2. The molecule has 41 heavy (non-hydrogen) atoms. The van der Waals surface area contributed by atoms with E-state index in [2.05, 4.69) is 15.4 Å². The number of halogens is 4. The first kappa shape index (κ1) is 28.5. The highest BCUT2D eigenvalue weighted by molar-refractivity contribution is 7.21. The summed E-state index contributed by atoms with van der Waals surface area (Å²) in [6.07, 6.45) is -1.17. The smallest absolute Gasteiger partial charge is 0.291 e. The van der Waals surface area contributed by atoms with Crippen molar-refractivity contribution >= 4 is 62.3 Å². The number of primary amides is 1. The molecular weight excluding hydrogens is 599 g/mol. The van der Waals surface area contributed by atoms with E-state index in [4.69, 9.17) is 38.1 Å². The molecular formula is C27H21Cl2F2N5O4S. The van der Waals surface area contributed by atoms with Gasteiger partial charge < -0.3 is 20.2 Å². The Morgan fingerprint density at radius 3 is 2.68 bits per heavy atom. The summed E-state index contributed by atoms with van der Waals surface area (Å²) in [4.78, 5) is 29.8. The van der Waals surface area contributed by atoms with E-state index >= 15 is 0 Å². The number of amides is 2. The maximum Gasteiger partial charge on any atom is 0.291 e. The van der Waals surface area contributed by atoms with Crippen LogP contribution in [0.5, 0.6) is 5.75 Å². The van der Waals surface area contributed by atoms with E-state index in [0.29, 0.717) is 39.9 Å². The van der Waals surface area contributed by atoms with Crippen LogP contribution in [0.4, 0.5) is 14.5 Å². The van der Waals surface area contributed by atoms with Crippen molar-refractivity contribution in [3.8, 4) is 16.9 Å². The third-order valence-corrected chi connectivity index (χ3v) is 8.00. The number of alkyl halides is 2. The number of furan rings is 1. The number of nitrogens with zero attached hydrogens (tertiary/aromatic N) is 3. The predicted molar refractivity (Wildman–Crippen MR) is 152 cm³/mol. The monoisotopic (exact) mass is 619 g/mol. The maximum atomic E-state index is 13.8. The highest BCUT2D eigenvalue weighted by Crippen LogP contribution is 2.43. The van der Waals surface area contributed by atoms with Gasteiger partial charge in [0, 0.05) is 23.7 Å². The van der Waals surface area contributed by atoms with Gasteiger partial charge in [0.15, 0.2) is 5.76 Å². The Morgan fingerprint density at radius 1 is 1.22 bits per heavy atom. The first-order valence-corrected chi connectivity index (χ1v) is 13.7. The van der Waals surface area contributed by atoms with Crippen molar-refractivity contribution in [3.05, 3.63) is 80.4 Å². The lowest BCUT2D eigenvalue weighted by Gasteiger charge is -2.10. The van der Waals surface area contributed by atoms with Crippen molar-refractivity contribution < 1.29 is 27.5 Å². The minimum absolute atomic E-state index is 0.0365. The zero-order chi connectivity index (χ0) is 29.4. The molecule has 0 aliphatic heterocycles. The summed E-state index contributed by atoms with van der Waals surface area (Å²) in [5, 5.41) is 7.93. The van der Waals surface area contributed by atoms with E-state index in [-0.39, 0.29) is 38.2 Å². The van der Waals surface area contributed by atoms with Crippen LogP contribution >= 0.6 is 34.5 Å². The van der Waals surface area contributed by atoms with Gasteiger partial charge in [-0.05, 0) is 49.7 Å². The average Bonchev–Trinajstić information content (AvgIpc) is 3.66. The molecule has 5 rings (SSSR count). The molecule has 0 bridgehead atoms. The largest absolute Gasteiger partial charge is 0.484 e. The molecule has 14 heteroatoms. The molecule has 1 aromatic carbocycles. The van der Waals surface area contributed by atoms with Crippen molar-refractivity contribution in [2.45, 2.75) is 33.4 Å². The first-order valence-electron chi connectivity index (χ1n) is 12.1. The number of aromatic nitrogens is 3. The Kier molecular flexibility index (Phi) is 7.98. The fraction of sp³-hybridized carbons (Fsp3) is 0.185. The molecule has 5 aromatic rings. The topological polar surface area (TPSA) is 125 Å². The van der Waals surface area contributed by atoms with E-state index < -0.39 is 23.9 Å². The molecule has 4 heterocycles. The Bertz CT molecular complexity index is 1800. The van der Waals surface area contributed by atoms with Crippen LogP contribution in [0.3, 0.4) is 0 Å². The molecule has 0 atom stereocenters. The fourth-order valence-corrected chi connectivity index (χ4v) is 5.54. The molecule has 212 valence electrons. The van der Waals surface area contributed by atoms with Gasteiger partial charge in [0.1, 0.15) is 38.5 Å². The number of rotatable bonds is 9. The average molecular weight is 620 g/mol. The minimum Gasteiger partial charge on any atom is -0.484 e. The number of pyridine rings is 1. The molecule has 0 aliphatic carbocycles. The lowest BCUT2D eigenvalue weighted by Crippen LogP contribution is -2.16. The Labute approximate surface area is 245 Å². The summed E-state index contributed by atoms with van der Waals surface area (Å²) in [7, 11) is 0. The standard InChI is InChI=1S/C27H21Cl2F2N5O4S/c1-3-36-10-15(12(2)35-36)14-9-17(24(30)31)33-27-20(14)22(23(41-27)25(32)37)34-26(38)19-8-7-13(40-19)11-39-18-6-4-5-16(28)21(18)29/h4-10,24H,3,11H2,1-2H3,(H2,32,37)(H,34,38). The number of anilines is 1. The molecule has 0 fully saturated rings. The SMILES string of the molecule is CCn1cc(-c2cc(C(F)F)nc3sc(C(N)=O)c(NC(=O)c4ccc(COc5cccc(Cl)c5Cl)o4)c23)c(C)n1. The highest BCUT2D eigenvalue weighted by atomic mass is 35.5. The molecule has 3 N–H and O–H groups in total. The normalized spacial score (nSPS) is 11.4. The van der Waals surface area contributed by atoms with Gasteiger partial charge in [0.05, 0.1) is 16.4 Å². The van der Waals surface area contributed by atoms with Crippen molar-refractivity contribution in [2.75, 3.05) is 5.32 Å². The third-order valence-electron chi connectivity index (χ3n) is 6.10. The van der Waals surface area contributed by atoms with Gasteiger partial charge in [-0.15, -0.1) is 11.3 Å². The van der Waals surface area contributed by atoms with Gasteiger partial charge in [-0.1, -0.05) is 29.3 Å². The van der Waals surface area contributed by atoms with Crippen molar-refractivity contribution in [2.24, 2.45) is 5.73 Å².